The molecule has 2 heteroatoms. The fraction of sp³-hybridized carbons (Fsp3) is 0.528. The third-order valence-electron chi connectivity index (χ3n) is 7.89. The lowest BCUT2D eigenvalue weighted by molar-refractivity contribution is 0.530. The number of benzene rings is 2. The van der Waals surface area contributed by atoms with Crippen LogP contribution in [-0.2, 0) is 6.42 Å². The van der Waals surface area contributed by atoms with E-state index in [0.717, 1.165) is 24.1 Å². The first kappa shape index (κ1) is 30.1. The minimum absolute atomic E-state index is 0.353. The van der Waals surface area contributed by atoms with Crippen LogP contribution in [0.2, 0.25) is 0 Å². The largest absolute Gasteiger partial charge is 0.224 e. The van der Waals surface area contributed by atoms with Crippen LogP contribution in [0.3, 0.4) is 0 Å². The molecule has 0 N–H and O–H groups in total. The van der Waals surface area contributed by atoms with Crippen molar-refractivity contribution in [1.82, 2.24) is 4.98 Å². The molecule has 0 saturated carbocycles. The summed E-state index contributed by atoms with van der Waals surface area (Å²) in [6.07, 6.45) is 18.6. The lowest BCUT2D eigenvalue weighted by atomic mass is 9.84. The van der Waals surface area contributed by atoms with Crippen molar-refractivity contribution in [2.24, 2.45) is 0 Å². The molecule has 206 valence electrons. The normalized spacial score (nSPS) is 12.1. The molecule has 0 amide bonds. The van der Waals surface area contributed by atoms with Crippen LogP contribution in [-0.4, -0.2) is 4.98 Å². The summed E-state index contributed by atoms with van der Waals surface area (Å²) in [7, 11) is 0. The maximum absolute atomic E-state index is 15.0. The van der Waals surface area contributed by atoms with Gasteiger partial charge in [-0.15, -0.1) is 0 Å². The Labute approximate surface area is 232 Å². The van der Waals surface area contributed by atoms with E-state index >= 15 is 0 Å². The second-order valence-corrected chi connectivity index (χ2v) is 11.0. The van der Waals surface area contributed by atoms with Crippen LogP contribution in [0.15, 0.2) is 60.7 Å². The van der Waals surface area contributed by atoms with Crippen LogP contribution >= 0.6 is 0 Å². The van der Waals surface area contributed by atoms with Crippen molar-refractivity contribution in [2.75, 3.05) is 0 Å². The number of pyridine rings is 1. The lowest BCUT2D eigenvalue weighted by Gasteiger charge is -2.20. The summed E-state index contributed by atoms with van der Waals surface area (Å²) in [6, 6.07) is 21.2. The molecule has 38 heavy (non-hydrogen) atoms. The van der Waals surface area contributed by atoms with Crippen LogP contribution in [0.5, 0.6) is 0 Å². The summed E-state index contributed by atoms with van der Waals surface area (Å²) < 4.78 is 15.0. The molecule has 0 bridgehead atoms. The first-order valence-corrected chi connectivity index (χ1v) is 15.5. The van der Waals surface area contributed by atoms with Gasteiger partial charge in [-0.2, -0.15) is 4.39 Å². The third-order valence-corrected chi connectivity index (χ3v) is 7.89. The van der Waals surface area contributed by atoms with Crippen LogP contribution < -0.4 is 0 Å². The highest BCUT2D eigenvalue weighted by Crippen LogP contribution is 2.36. The van der Waals surface area contributed by atoms with Gasteiger partial charge >= 0.3 is 0 Å². The van der Waals surface area contributed by atoms with Crippen molar-refractivity contribution in [3.63, 3.8) is 0 Å². The molecule has 1 nitrogen and oxygen atoms in total. The van der Waals surface area contributed by atoms with E-state index in [1.54, 1.807) is 0 Å². The van der Waals surface area contributed by atoms with Gasteiger partial charge < -0.3 is 0 Å². The molecule has 0 spiro atoms. The molecule has 1 heterocycles. The Morgan fingerprint density at radius 1 is 0.579 bits per heavy atom. The summed E-state index contributed by atoms with van der Waals surface area (Å²) in [4.78, 5) is 4.32. The van der Waals surface area contributed by atoms with E-state index < -0.39 is 0 Å². The smallest absolute Gasteiger partial charge is 0.220 e. The number of hydrogen-bond donors (Lipinski definition) is 0. The van der Waals surface area contributed by atoms with Gasteiger partial charge in [-0.1, -0.05) is 140 Å². The molecule has 3 aromatic rings. The van der Waals surface area contributed by atoms with Crippen molar-refractivity contribution in [2.45, 2.75) is 123 Å². The molecule has 1 aromatic heterocycles. The van der Waals surface area contributed by atoms with Crippen LogP contribution in [0.25, 0.3) is 22.3 Å². The number of rotatable bonds is 18. The van der Waals surface area contributed by atoms with E-state index in [2.05, 4.69) is 74.3 Å². The second kappa shape index (κ2) is 17.2. The SMILES string of the molecule is CCCCCCCCCCc1ccc(-c2ccc(-c3ccccc3C(CCC)CCCCC)cc2)c(F)n1. The molecule has 3 rings (SSSR count). The van der Waals surface area contributed by atoms with Gasteiger partial charge in [-0.05, 0) is 66.0 Å². The average molecular weight is 516 g/mol. The van der Waals surface area contributed by atoms with Crippen molar-refractivity contribution in [1.29, 1.82) is 0 Å². The first-order valence-electron chi connectivity index (χ1n) is 15.5. The molecule has 1 atom stereocenters. The topological polar surface area (TPSA) is 12.9 Å². The maximum atomic E-state index is 15.0. The minimum Gasteiger partial charge on any atom is -0.224 e. The van der Waals surface area contributed by atoms with E-state index in [1.807, 2.05) is 12.1 Å². The molecule has 0 aliphatic rings. The van der Waals surface area contributed by atoms with Crippen LogP contribution in [0, 0.1) is 5.95 Å². The van der Waals surface area contributed by atoms with Crippen LogP contribution in [0.4, 0.5) is 4.39 Å². The van der Waals surface area contributed by atoms with Gasteiger partial charge in [-0.3, -0.25) is 0 Å². The number of halogens is 1. The Hall–Kier alpha value is -2.48. The van der Waals surface area contributed by atoms with Gasteiger partial charge in [0, 0.05) is 11.3 Å². The zero-order valence-corrected chi connectivity index (χ0v) is 24.3. The predicted octanol–water partition coefficient (Wildman–Crippen LogP) is 11.7. The van der Waals surface area contributed by atoms with Gasteiger partial charge in [-0.25, -0.2) is 4.98 Å². The summed E-state index contributed by atoms with van der Waals surface area (Å²) in [5.74, 6) is 0.242. The van der Waals surface area contributed by atoms with Gasteiger partial charge in [0.15, 0.2) is 0 Å². The van der Waals surface area contributed by atoms with E-state index in [0.29, 0.717) is 11.5 Å². The molecular weight excluding hydrogens is 465 g/mol. The quantitative estimate of drug-likeness (QED) is 0.121. The second-order valence-electron chi connectivity index (χ2n) is 11.0. The number of hydrogen-bond acceptors (Lipinski definition) is 1. The molecule has 1 unspecified atom stereocenters. The molecule has 0 aliphatic carbocycles. The highest BCUT2D eigenvalue weighted by atomic mass is 19.1. The van der Waals surface area contributed by atoms with Crippen molar-refractivity contribution < 1.29 is 4.39 Å². The lowest BCUT2D eigenvalue weighted by Crippen LogP contribution is -2.01. The van der Waals surface area contributed by atoms with E-state index in [4.69, 9.17) is 0 Å². The van der Waals surface area contributed by atoms with Gasteiger partial charge in [0.2, 0.25) is 5.95 Å². The van der Waals surface area contributed by atoms with Gasteiger partial charge in [0.25, 0.3) is 0 Å². The molecule has 0 fully saturated rings. The van der Waals surface area contributed by atoms with Crippen molar-refractivity contribution in [3.8, 4) is 22.3 Å². The average Bonchev–Trinajstić information content (AvgIpc) is 2.94. The summed E-state index contributed by atoms with van der Waals surface area (Å²) in [6.45, 7) is 6.81. The molecular formula is C36H50FN. The zero-order chi connectivity index (χ0) is 27.0. The predicted molar refractivity (Wildman–Crippen MR) is 163 cm³/mol. The Balaban J connectivity index is 1.63. The number of aromatic nitrogens is 1. The van der Waals surface area contributed by atoms with Crippen molar-refractivity contribution >= 4 is 0 Å². The Morgan fingerprint density at radius 3 is 1.84 bits per heavy atom. The molecule has 0 radical (unpaired) electrons. The Kier molecular flexibility index (Phi) is 13.6. The van der Waals surface area contributed by atoms with Crippen LogP contribution in [0.1, 0.15) is 128 Å². The Bertz CT molecular complexity index is 1060. The first-order chi connectivity index (χ1) is 18.7. The fourth-order valence-electron chi connectivity index (χ4n) is 5.66. The molecule has 0 saturated heterocycles. The number of nitrogens with zero attached hydrogens (tertiary/aromatic N) is 1. The molecule has 2 aromatic carbocycles. The van der Waals surface area contributed by atoms with E-state index in [9.17, 15) is 4.39 Å². The summed E-state index contributed by atoms with van der Waals surface area (Å²) >= 11 is 0. The zero-order valence-electron chi connectivity index (χ0n) is 24.3. The van der Waals surface area contributed by atoms with Gasteiger partial charge in [0.05, 0.1) is 0 Å². The molecule has 0 aliphatic heterocycles. The standard InChI is InChI=1S/C36H50FN/c1-4-7-9-10-11-12-13-15-20-32-27-28-35(36(37)38-32)31-25-23-30(24-26-31)34-22-17-16-21-33(34)29(18-6-3)19-14-8-5-2/h16-17,21-29H,4-15,18-20H2,1-3H3. The minimum atomic E-state index is -0.353. The summed E-state index contributed by atoms with van der Waals surface area (Å²) in [5.41, 5.74) is 6.33. The number of unbranched alkanes of at least 4 members (excludes halogenated alkanes) is 9. The Morgan fingerprint density at radius 2 is 1.18 bits per heavy atom. The van der Waals surface area contributed by atoms with E-state index in [-0.39, 0.29) is 5.95 Å². The van der Waals surface area contributed by atoms with Gasteiger partial charge in [0.1, 0.15) is 0 Å². The number of aryl methyl sites for hydroxylation is 1. The highest BCUT2D eigenvalue weighted by molar-refractivity contribution is 5.72. The monoisotopic (exact) mass is 515 g/mol. The maximum Gasteiger partial charge on any atom is 0.220 e. The summed E-state index contributed by atoms with van der Waals surface area (Å²) in [5, 5.41) is 0. The van der Waals surface area contributed by atoms with E-state index in [1.165, 1.54) is 100 Å². The fourth-order valence-corrected chi connectivity index (χ4v) is 5.66. The highest BCUT2D eigenvalue weighted by Gasteiger charge is 2.16. The van der Waals surface area contributed by atoms with Crippen molar-refractivity contribution in [3.05, 3.63) is 77.9 Å². The third kappa shape index (κ3) is 9.37.